The molecule has 1 aliphatic carbocycles. The van der Waals surface area contributed by atoms with E-state index >= 15 is 0 Å². The fourth-order valence-corrected chi connectivity index (χ4v) is 3.49. The van der Waals surface area contributed by atoms with Gasteiger partial charge in [0, 0.05) is 30.7 Å². The van der Waals surface area contributed by atoms with Crippen molar-refractivity contribution >= 4 is 22.6 Å². The number of hydrogen-bond donors (Lipinski definition) is 2. The van der Waals surface area contributed by atoms with Gasteiger partial charge in [0.15, 0.2) is 0 Å². The average Bonchev–Trinajstić information content (AvgIpc) is 3.30. The first-order valence-electron chi connectivity index (χ1n) is 7.92. The first-order chi connectivity index (χ1) is 11.4. The number of aliphatic hydroxyl groups is 1. The van der Waals surface area contributed by atoms with Crippen molar-refractivity contribution in [3.63, 3.8) is 0 Å². The largest absolute Gasteiger partial charge is 0.477 e. The van der Waals surface area contributed by atoms with Crippen LogP contribution in [0.2, 0.25) is 0 Å². The van der Waals surface area contributed by atoms with Gasteiger partial charge < -0.3 is 19.7 Å². The number of aliphatic hydroxyl groups excluding tert-OH is 1. The summed E-state index contributed by atoms with van der Waals surface area (Å²) < 4.78 is 16.4. The lowest BCUT2D eigenvalue weighted by Gasteiger charge is -2.39. The molecule has 7 heteroatoms. The number of nitrogens with zero attached hydrogens (tertiary/aromatic N) is 2. The number of aromatic nitrogens is 1. The molecule has 1 aromatic heterocycles. The Labute approximate surface area is 136 Å². The van der Waals surface area contributed by atoms with Crippen molar-refractivity contribution < 1.29 is 19.4 Å². The van der Waals surface area contributed by atoms with Crippen LogP contribution in [-0.4, -0.2) is 39.9 Å². The van der Waals surface area contributed by atoms with Crippen molar-refractivity contribution in [1.82, 2.24) is 4.57 Å². The molecule has 2 heterocycles. The van der Waals surface area contributed by atoms with Crippen LogP contribution in [0, 0.1) is 12.7 Å². The molecule has 24 heavy (non-hydrogen) atoms. The van der Waals surface area contributed by atoms with Gasteiger partial charge in [-0.1, -0.05) is 0 Å². The number of halogens is 1. The van der Waals surface area contributed by atoms with Crippen molar-refractivity contribution in [3.05, 3.63) is 39.4 Å². The van der Waals surface area contributed by atoms with Gasteiger partial charge in [0.25, 0.3) is 0 Å². The van der Waals surface area contributed by atoms with Crippen LogP contribution in [0.25, 0.3) is 10.9 Å². The number of carboxylic acids is 1. The number of β-amino-alcohol motifs (C(OH)–C–C–N with tert-alkyl or cyclic N) is 1. The number of hydrogen-bond acceptors (Lipinski definition) is 4. The smallest absolute Gasteiger partial charge is 0.341 e. The molecule has 1 aromatic carbocycles. The van der Waals surface area contributed by atoms with Crippen LogP contribution >= 0.6 is 0 Å². The van der Waals surface area contributed by atoms with Gasteiger partial charge in [-0.05, 0) is 31.4 Å². The Kier molecular flexibility index (Phi) is 3.18. The average molecular weight is 332 g/mol. The fraction of sp³-hybridized carbons (Fsp3) is 0.412. The lowest BCUT2D eigenvalue weighted by molar-refractivity contribution is 0.0694. The molecular formula is C17H17FN2O4. The standard InChI is InChI=1S/C17H17FN2O4/c1-8-14-11(4-13(18)15(8)19-5-10(21)6-19)16(22)12(17(23)24)7-20(14)9-2-3-9/h4,7,9-10,21H,2-3,5-6H2,1H3,(H,23,24). The predicted octanol–water partition coefficient (Wildman–Crippen LogP) is 1.66. The lowest BCUT2D eigenvalue weighted by Crippen LogP contribution is -2.51. The Balaban J connectivity index is 2.04. The minimum atomic E-state index is -1.30. The molecule has 2 aliphatic rings. The van der Waals surface area contributed by atoms with Gasteiger partial charge in [0.2, 0.25) is 5.43 Å². The molecule has 1 saturated heterocycles. The molecule has 2 aromatic rings. The van der Waals surface area contributed by atoms with Gasteiger partial charge in [-0.25, -0.2) is 9.18 Å². The van der Waals surface area contributed by atoms with Crippen molar-refractivity contribution in [2.75, 3.05) is 18.0 Å². The molecule has 0 atom stereocenters. The van der Waals surface area contributed by atoms with Gasteiger partial charge in [-0.15, -0.1) is 0 Å². The van der Waals surface area contributed by atoms with E-state index in [-0.39, 0.29) is 17.0 Å². The van der Waals surface area contributed by atoms with Gasteiger partial charge in [0.05, 0.1) is 17.3 Å². The Morgan fingerprint density at radius 3 is 2.54 bits per heavy atom. The Hall–Kier alpha value is -2.41. The van der Waals surface area contributed by atoms with E-state index in [9.17, 15) is 24.2 Å². The summed E-state index contributed by atoms with van der Waals surface area (Å²) in [6.07, 6.45) is 2.72. The van der Waals surface area contributed by atoms with Gasteiger partial charge in [-0.3, -0.25) is 4.79 Å². The quantitative estimate of drug-likeness (QED) is 0.893. The van der Waals surface area contributed by atoms with Crippen LogP contribution in [0.4, 0.5) is 10.1 Å². The molecule has 0 spiro atoms. The van der Waals surface area contributed by atoms with Crippen LogP contribution in [0.5, 0.6) is 0 Å². The molecule has 1 saturated carbocycles. The maximum absolute atomic E-state index is 14.6. The number of rotatable bonds is 3. The Morgan fingerprint density at radius 1 is 1.33 bits per heavy atom. The Morgan fingerprint density at radius 2 is 2.00 bits per heavy atom. The second-order valence-corrected chi connectivity index (χ2v) is 6.60. The third-order valence-corrected chi connectivity index (χ3v) is 4.83. The summed E-state index contributed by atoms with van der Waals surface area (Å²) in [5.41, 5.74) is 0.583. The number of benzene rings is 1. The number of anilines is 1. The van der Waals surface area contributed by atoms with E-state index in [1.54, 1.807) is 16.4 Å². The van der Waals surface area contributed by atoms with E-state index in [1.165, 1.54) is 6.20 Å². The van der Waals surface area contributed by atoms with E-state index in [4.69, 9.17) is 0 Å². The molecule has 0 unspecified atom stereocenters. The summed E-state index contributed by atoms with van der Waals surface area (Å²) in [6, 6.07) is 1.28. The number of carbonyl (C=O) groups is 1. The zero-order valence-electron chi connectivity index (χ0n) is 13.1. The maximum atomic E-state index is 14.6. The van der Waals surface area contributed by atoms with Crippen molar-refractivity contribution in [3.8, 4) is 0 Å². The zero-order chi connectivity index (χ0) is 17.2. The highest BCUT2D eigenvalue weighted by molar-refractivity contribution is 5.95. The summed E-state index contributed by atoms with van der Waals surface area (Å²) >= 11 is 0. The molecule has 126 valence electrons. The molecular weight excluding hydrogens is 315 g/mol. The number of fused-ring (bicyclic) bond motifs is 1. The van der Waals surface area contributed by atoms with E-state index in [1.807, 2.05) is 0 Å². The van der Waals surface area contributed by atoms with Crippen LogP contribution in [0.1, 0.15) is 34.8 Å². The number of aryl methyl sites for hydroxylation is 1. The topological polar surface area (TPSA) is 82.8 Å². The maximum Gasteiger partial charge on any atom is 0.341 e. The highest BCUT2D eigenvalue weighted by atomic mass is 19.1. The van der Waals surface area contributed by atoms with E-state index < -0.39 is 23.3 Å². The van der Waals surface area contributed by atoms with Crippen LogP contribution in [0.3, 0.4) is 0 Å². The summed E-state index contributed by atoms with van der Waals surface area (Å²) in [5.74, 6) is -1.86. The van der Waals surface area contributed by atoms with E-state index in [2.05, 4.69) is 0 Å². The first kappa shape index (κ1) is 15.1. The predicted molar refractivity (Wildman–Crippen MR) is 86.4 cm³/mol. The second kappa shape index (κ2) is 5.04. The lowest BCUT2D eigenvalue weighted by atomic mass is 10.0. The number of aromatic carboxylic acids is 1. The van der Waals surface area contributed by atoms with Crippen molar-refractivity contribution in [2.24, 2.45) is 0 Å². The first-order valence-corrected chi connectivity index (χ1v) is 7.92. The van der Waals surface area contributed by atoms with Gasteiger partial charge in [-0.2, -0.15) is 0 Å². The molecule has 6 nitrogen and oxygen atoms in total. The second-order valence-electron chi connectivity index (χ2n) is 6.60. The zero-order valence-corrected chi connectivity index (χ0v) is 13.1. The third kappa shape index (κ3) is 2.11. The molecule has 4 rings (SSSR count). The van der Waals surface area contributed by atoms with E-state index in [0.29, 0.717) is 29.9 Å². The van der Waals surface area contributed by atoms with Gasteiger partial charge >= 0.3 is 5.97 Å². The van der Waals surface area contributed by atoms with E-state index in [0.717, 1.165) is 18.9 Å². The van der Waals surface area contributed by atoms with Crippen LogP contribution in [-0.2, 0) is 0 Å². The normalized spacial score (nSPS) is 18.0. The summed E-state index contributed by atoms with van der Waals surface area (Å²) in [7, 11) is 0. The monoisotopic (exact) mass is 332 g/mol. The summed E-state index contributed by atoms with van der Waals surface area (Å²) in [4.78, 5) is 25.6. The molecule has 2 N–H and O–H groups in total. The molecule has 0 amide bonds. The number of carboxylic acid groups (broad SMARTS) is 1. The molecule has 1 aliphatic heterocycles. The van der Waals surface area contributed by atoms with Gasteiger partial charge in [0.1, 0.15) is 11.4 Å². The Bertz CT molecular complexity index is 927. The summed E-state index contributed by atoms with van der Waals surface area (Å²) in [6.45, 7) is 2.44. The SMILES string of the molecule is Cc1c(N2CC(O)C2)c(F)cc2c(=O)c(C(=O)O)cn(C3CC3)c12. The highest BCUT2D eigenvalue weighted by Crippen LogP contribution is 2.40. The van der Waals surface area contributed by atoms with Crippen molar-refractivity contribution in [1.29, 1.82) is 0 Å². The molecule has 0 bridgehead atoms. The minimum Gasteiger partial charge on any atom is -0.477 e. The number of pyridine rings is 1. The third-order valence-electron chi connectivity index (χ3n) is 4.83. The molecule has 0 radical (unpaired) electrons. The summed E-state index contributed by atoms with van der Waals surface area (Å²) in [5, 5.41) is 18.8. The van der Waals surface area contributed by atoms with Crippen LogP contribution in [0.15, 0.2) is 17.1 Å². The fourth-order valence-electron chi connectivity index (χ4n) is 3.49. The highest BCUT2D eigenvalue weighted by Gasteiger charge is 2.32. The van der Waals surface area contributed by atoms with Crippen molar-refractivity contribution in [2.45, 2.75) is 31.9 Å². The van der Waals surface area contributed by atoms with Crippen LogP contribution < -0.4 is 10.3 Å². The molecule has 2 fully saturated rings. The minimum absolute atomic E-state index is 0.0987.